The van der Waals surface area contributed by atoms with Gasteiger partial charge in [0.15, 0.2) is 0 Å². The van der Waals surface area contributed by atoms with E-state index in [9.17, 15) is 10.1 Å². The topological polar surface area (TPSA) is 102 Å². The van der Waals surface area contributed by atoms with Crippen LogP contribution in [0.5, 0.6) is 5.75 Å². The van der Waals surface area contributed by atoms with Crippen molar-refractivity contribution in [3.63, 3.8) is 0 Å². The highest BCUT2D eigenvalue weighted by Crippen LogP contribution is 2.39. The molecule has 0 saturated carbocycles. The molecule has 0 aliphatic rings. The molecule has 194 valence electrons. The number of hydrogen-bond acceptors (Lipinski definition) is 8. The molecular weight excluding hydrogens is 470 g/mol. The Morgan fingerprint density at radius 3 is 2.59 bits per heavy atom. The highest BCUT2D eigenvalue weighted by Gasteiger charge is 2.23. The molecule has 0 saturated heterocycles. The minimum Gasteiger partial charge on any atom is -0.494 e. The van der Waals surface area contributed by atoms with Gasteiger partial charge in [-0.1, -0.05) is 32.0 Å². The Morgan fingerprint density at radius 1 is 1.14 bits per heavy atom. The van der Waals surface area contributed by atoms with E-state index >= 15 is 0 Å². The fourth-order valence-corrected chi connectivity index (χ4v) is 4.46. The Morgan fingerprint density at radius 2 is 1.89 bits per heavy atom. The molecule has 0 aliphatic carbocycles. The zero-order valence-electron chi connectivity index (χ0n) is 21.9. The molecule has 10 nitrogen and oxygen atoms in total. The standard InChI is InChI=1S/C27H33N7O3/c1-6-33(7-2)15-14-31(3)24-17-26(37-5)22(16-25(24)34(35)36)30-27-28-13-12-21(29-27)20-18-32(4)23-11-9-8-10-19(20)23/h8-13,16-18H,6-7,14-15H2,1-5H3,(H,28,29,30). The van der Waals surface area contributed by atoms with Crippen LogP contribution in [0.3, 0.4) is 0 Å². The maximum Gasteiger partial charge on any atom is 0.294 e. The van der Waals surface area contributed by atoms with E-state index in [0.717, 1.165) is 41.8 Å². The van der Waals surface area contributed by atoms with E-state index in [2.05, 4.69) is 45.7 Å². The van der Waals surface area contributed by atoms with Crippen LogP contribution in [0, 0.1) is 10.1 Å². The second kappa shape index (κ2) is 11.3. The van der Waals surface area contributed by atoms with E-state index < -0.39 is 0 Å². The van der Waals surface area contributed by atoms with Crippen LogP contribution in [0.4, 0.5) is 23.0 Å². The van der Waals surface area contributed by atoms with Gasteiger partial charge in [0.05, 0.1) is 23.4 Å². The van der Waals surface area contributed by atoms with Crippen molar-refractivity contribution in [2.45, 2.75) is 13.8 Å². The molecule has 0 bridgehead atoms. The fourth-order valence-electron chi connectivity index (χ4n) is 4.46. The molecule has 0 spiro atoms. The van der Waals surface area contributed by atoms with Gasteiger partial charge in [0.1, 0.15) is 11.4 Å². The quantitative estimate of drug-likeness (QED) is 0.224. The first-order valence-corrected chi connectivity index (χ1v) is 12.3. The molecule has 2 aromatic carbocycles. The summed E-state index contributed by atoms with van der Waals surface area (Å²) in [6.45, 7) is 7.51. The van der Waals surface area contributed by atoms with Crippen LogP contribution in [0.25, 0.3) is 22.2 Å². The lowest BCUT2D eigenvalue weighted by Crippen LogP contribution is -2.33. The van der Waals surface area contributed by atoms with Crippen molar-refractivity contribution in [2.75, 3.05) is 50.6 Å². The van der Waals surface area contributed by atoms with Gasteiger partial charge in [0.2, 0.25) is 5.95 Å². The van der Waals surface area contributed by atoms with Gasteiger partial charge in [-0.15, -0.1) is 0 Å². The Kier molecular flexibility index (Phi) is 7.88. The highest BCUT2D eigenvalue weighted by molar-refractivity contribution is 5.95. The summed E-state index contributed by atoms with van der Waals surface area (Å²) in [6, 6.07) is 13.1. The van der Waals surface area contributed by atoms with E-state index in [1.165, 1.54) is 6.07 Å². The molecule has 0 aliphatic heterocycles. The average Bonchev–Trinajstić information content (AvgIpc) is 3.25. The van der Waals surface area contributed by atoms with E-state index in [4.69, 9.17) is 9.72 Å². The Hall–Kier alpha value is -4.18. The number of likely N-dealkylation sites (N-methyl/N-ethyl adjacent to an activating group) is 2. The lowest BCUT2D eigenvalue weighted by atomic mass is 10.1. The van der Waals surface area contributed by atoms with E-state index in [-0.39, 0.29) is 10.6 Å². The van der Waals surface area contributed by atoms with E-state index in [1.54, 1.807) is 19.4 Å². The van der Waals surface area contributed by atoms with Gasteiger partial charge in [-0.25, -0.2) is 9.97 Å². The SMILES string of the molecule is CCN(CC)CCN(C)c1cc(OC)c(Nc2nccc(-c3cn(C)c4ccccc34)n2)cc1[N+](=O)[O-]. The van der Waals surface area contributed by atoms with Crippen LogP contribution in [0.1, 0.15) is 13.8 Å². The van der Waals surface area contributed by atoms with Gasteiger partial charge in [0, 0.05) is 68.2 Å². The minimum atomic E-state index is -0.374. The number of methoxy groups -OCH3 is 1. The largest absolute Gasteiger partial charge is 0.494 e. The molecular formula is C27H33N7O3. The van der Waals surface area contributed by atoms with Crippen LogP contribution < -0.4 is 15.0 Å². The zero-order valence-corrected chi connectivity index (χ0v) is 21.9. The van der Waals surface area contributed by atoms with Crippen LogP contribution in [-0.4, -0.2) is 64.7 Å². The number of aryl methyl sites for hydroxylation is 1. The number of hydrogen-bond donors (Lipinski definition) is 1. The van der Waals surface area contributed by atoms with Crippen molar-refractivity contribution < 1.29 is 9.66 Å². The van der Waals surface area contributed by atoms with Crippen LogP contribution in [-0.2, 0) is 7.05 Å². The van der Waals surface area contributed by atoms with Gasteiger partial charge in [-0.3, -0.25) is 10.1 Å². The number of benzene rings is 2. The number of aromatic nitrogens is 3. The lowest BCUT2D eigenvalue weighted by molar-refractivity contribution is -0.384. The maximum atomic E-state index is 12.0. The predicted molar refractivity (Wildman–Crippen MR) is 148 cm³/mol. The zero-order chi connectivity index (χ0) is 26.5. The van der Waals surface area contributed by atoms with Crippen LogP contribution in [0.2, 0.25) is 0 Å². The molecule has 2 aromatic heterocycles. The predicted octanol–water partition coefficient (Wildman–Crippen LogP) is 5.07. The molecule has 4 aromatic rings. The van der Waals surface area contributed by atoms with E-state index in [1.807, 2.05) is 43.4 Å². The molecule has 0 radical (unpaired) electrons. The van der Waals surface area contributed by atoms with Crippen molar-refractivity contribution >= 4 is 33.9 Å². The monoisotopic (exact) mass is 503 g/mol. The number of para-hydroxylation sites is 1. The molecule has 0 unspecified atom stereocenters. The number of nitro groups is 1. The number of nitrogens with zero attached hydrogens (tertiary/aromatic N) is 6. The van der Waals surface area contributed by atoms with Crippen LogP contribution in [0.15, 0.2) is 54.9 Å². The molecule has 0 amide bonds. The van der Waals surface area contributed by atoms with Gasteiger partial charge in [-0.05, 0) is 25.2 Å². The fraction of sp³-hybridized carbons (Fsp3) is 0.333. The van der Waals surface area contributed by atoms with Gasteiger partial charge in [-0.2, -0.15) is 0 Å². The Bertz CT molecular complexity index is 1400. The molecule has 37 heavy (non-hydrogen) atoms. The lowest BCUT2D eigenvalue weighted by Gasteiger charge is -2.25. The van der Waals surface area contributed by atoms with Gasteiger partial charge < -0.3 is 24.4 Å². The third-order valence-corrected chi connectivity index (χ3v) is 6.63. The third-order valence-electron chi connectivity index (χ3n) is 6.63. The first-order chi connectivity index (χ1) is 17.9. The summed E-state index contributed by atoms with van der Waals surface area (Å²) in [5, 5.41) is 16.2. The second-order valence-corrected chi connectivity index (χ2v) is 8.81. The minimum absolute atomic E-state index is 0.0180. The number of nitro benzene ring substituents is 1. The summed E-state index contributed by atoms with van der Waals surface area (Å²) in [6.07, 6.45) is 3.70. The summed E-state index contributed by atoms with van der Waals surface area (Å²) in [5.41, 5.74) is 3.72. The van der Waals surface area contributed by atoms with E-state index in [0.29, 0.717) is 29.6 Å². The highest BCUT2D eigenvalue weighted by atomic mass is 16.6. The number of nitrogens with one attached hydrogen (secondary N) is 1. The first-order valence-electron chi connectivity index (χ1n) is 12.3. The number of rotatable bonds is 11. The molecule has 2 heterocycles. The maximum absolute atomic E-state index is 12.0. The van der Waals surface area contributed by atoms with Crippen molar-refractivity contribution in [3.05, 3.63) is 65.0 Å². The smallest absolute Gasteiger partial charge is 0.294 e. The summed E-state index contributed by atoms with van der Waals surface area (Å²) in [4.78, 5) is 24.9. The Labute approximate surface area is 216 Å². The normalized spacial score (nSPS) is 11.2. The van der Waals surface area contributed by atoms with Crippen molar-refractivity contribution in [2.24, 2.45) is 7.05 Å². The van der Waals surface area contributed by atoms with Crippen LogP contribution >= 0.6 is 0 Å². The van der Waals surface area contributed by atoms with Crippen molar-refractivity contribution in [1.82, 2.24) is 19.4 Å². The molecule has 1 N–H and O–H groups in total. The van der Waals surface area contributed by atoms with Gasteiger partial charge in [0.25, 0.3) is 5.69 Å². The summed E-state index contributed by atoms with van der Waals surface area (Å²) < 4.78 is 7.66. The third kappa shape index (κ3) is 5.49. The summed E-state index contributed by atoms with van der Waals surface area (Å²) in [5.74, 6) is 0.787. The Balaban J connectivity index is 1.66. The van der Waals surface area contributed by atoms with Crippen molar-refractivity contribution in [3.8, 4) is 17.0 Å². The number of fused-ring (bicyclic) bond motifs is 1. The molecule has 4 rings (SSSR count). The summed E-state index contributed by atoms with van der Waals surface area (Å²) in [7, 11) is 5.39. The van der Waals surface area contributed by atoms with Gasteiger partial charge >= 0.3 is 0 Å². The van der Waals surface area contributed by atoms with Crippen molar-refractivity contribution in [1.29, 1.82) is 0 Å². The number of ether oxygens (including phenoxy) is 1. The average molecular weight is 504 g/mol. The first kappa shape index (κ1) is 25.9. The summed E-state index contributed by atoms with van der Waals surface area (Å²) >= 11 is 0. The second-order valence-electron chi connectivity index (χ2n) is 8.81. The molecule has 0 atom stereocenters. The molecule has 0 fully saturated rings. The number of anilines is 3. The molecule has 10 heteroatoms.